The molecule has 0 aliphatic carbocycles. The Bertz CT molecular complexity index is 595. The first kappa shape index (κ1) is 15.3. The van der Waals surface area contributed by atoms with Gasteiger partial charge in [-0.25, -0.2) is 4.39 Å². The lowest BCUT2D eigenvalue weighted by molar-refractivity contribution is -0.149. The van der Waals surface area contributed by atoms with Crippen LogP contribution in [0.4, 0.5) is 17.6 Å². The summed E-state index contributed by atoms with van der Waals surface area (Å²) < 4.78 is 55.8. The van der Waals surface area contributed by atoms with Crippen LogP contribution in [0, 0.1) is 5.82 Å². The van der Waals surface area contributed by atoms with E-state index >= 15 is 0 Å². The van der Waals surface area contributed by atoms with E-state index in [-0.39, 0.29) is 23.7 Å². The average Bonchev–Trinajstić information content (AvgIpc) is 2.45. The van der Waals surface area contributed by atoms with Crippen molar-refractivity contribution in [1.29, 1.82) is 0 Å². The van der Waals surface area contributed by atoms with E-state index in [4.69, 9.17) is 10.5 Å². The minimum atomic E-state index is -4.50. The number of nitrogens with two attached hydrogens (primary N) is 1. The normalized spacial score (nSPS) is 13.0. The Hall–Kier alpha value is -2.08. The van der Waals surface area contributed by atoms with Crippen LogP contribution in [-0.4, -0.2) is 6.18 Å². The van der Waals surface area contributed by atoms with E-state index in [1.807, 2.05) is 0 Å². The fourth-order valence-electron chi connectivity index (χ4n) is 1.73. The summed E-state index contributed by atoms with van der Waals surface area (Å²) in [5.41, 5.74) is 5.78. The fraction of sp³-hybridized carbons (Fsp3) is 0.200. The fourth-order valence-corrected chi connectivity index (χ4v) is 1.73. The molecule has 2 rings (SSSR count). The molecule has 6 heteroatoms. The molecule has 0 saturated heterocycles. The Kier molecular flexibility index (Phi) is 4.47. The van der Waals surface area contributed by atoms with Crippen molar-refractivity contribution in [2.45, 2.75) is 18.8 Å². The molecule has 0 aromatic heterocycles. The second-order valence-electron chi connectivity index (χ2n) is 4.51. The zero-order valence-electron chi connectivity index (χ0n) is 10.9. The molecule has 0 spiro atoms. The van der Waals surface area contributed by atoms with Crippen molar-refractivity contribution >= 4 is 0 Å². The van der Waals surface area contributed by atoms with E-state index < -0.39 is 12.2 Å². The maximum absolute atomic E-state index is 12.7. The van der Waals surface area contributed by atoms with E-state index in [2.05, 4.69) is 0 Å². The summed E-state index contributed by atoms with van der Waals surface area (Å²) in [7, 11) is 0. The van der Waals surface area contributed by atoms with Gasteiger partial charge in [0.2, 0.25) is 0 Å². The van der Waals surface area contributed by atoms with Crippen molar-refractivity contribution in [1.82, 2.24) is 0 Å². The number of ether oxygens (including phenoxy) is 1. The van der Waals surface area contributed by atoms with Gasteiger partial charge < -0.3 is 10.5 Å². The van der Waals surface area contributed by atoms with Gasteiger partial charge in [-0.1, -0.05) is 24.3 Å². The van der Waals surface area contributed by atoms with Crippen molar-refractivity contribution in [3.63, 3.8) is 0 Å². The van der Waals surface area contributed by atoms with E-state index in [0.717, 1.165) is 0 Å². The number of halogens is 4. The van der Waals surface area contributed by atoms with Gasteiger partial charge >= 0.3 is 6.18 Å². The monoisotopic (exact) mass is 299 g/mol. The number of rotatable bonds is 4. The highest BCUT2D eigenvalue weighted by Crippen LogP contribution is 2.31. The quantitative estimate of drug-likeness (QED) is 0.867. The maximum Gasteiger partial charge on any atom is 0.407 e. The predicted molar refractivity (Wildman–Crippen MR) is 70.2 cm³/mol. The summed E-state index contributed by atoms with van der Waals surface area (Å²) in [6, 6.07) is 9.14. The first-order valence-electron chi connectivity index (χ1n) is 6.16. The van der Waals surface area contributed by atoms with Crippen molar-refractivity contribution in [3.8, 4) is 5.75 Å². The highest BCUT2D eigenvalue weighted by Gasteiger charge is 2.37. The summed E-state index contributed by atoms with van der Waals surface area (Å²) in [5, 5.41) is 0. The number of alkyl halides is 3. The molecule has 0 heterocycles. The summed E-state index contributed by atoms with van der Waals surface area (Å²) >= 11 is 0. The highest BCUT2D eigenvalue weighted by atomic mass is 19.4. The summed E-state index contributed by atoms with van der Waals surface area (Å²) in [6.07, 6.45) is -4.50. The lowest BCUT2D eigenvalue weighted by atomic mass is 10.1. The molecule has 112 valence electrons. The van der Waals surface area contributed by atoms with Crippen LogP contribution in [0.1, 0.15) is 17.2 Å². The Labute approximate surface area is 119 Å². The van der Waals surface area contributed by atoms with Crippen LogP contribution in [0.3, 0.4) is 0 Å². The molecule has 0 unspecified atom stereocenters. The minimum Gasteiger partial charge on any atom is -0.489 e. The van der Waals surface area contributed by atoms with E-state index in [1.54, 1.807) is 12.1 Å². The van der Waals surface area contributed by atoms with Crippen LogP contribution in [0.2, 0.25) is 0 Å². The molecule has 0 bridgehead atoms. The first-order valence-corrected chi connectivity index (χ1v) is 6.16. The largest absolute Gasteiger partial charge is 0.489 e. The molecule has 2 aromatic rings. The third-order valence-electron chi connectivity index (χ3n) is 2.89. The standard InChI is InChI=1S/C15H13F4NO/c16-12-6-4-10(5-7-12)9-21-13-3-1-2-11(8-13)14(20)15(17,18)19/h1-8,14H,9,20H2/t14-/m0/s1. The Morgan fingerprint density at radius 2 is 1.71 bits per heavy atom. The van der Waals surface area contributed by atoms with Gasteiger partial charge in [-0.2, -0.15) is 13.2 Å². The van der Waals surface area contributed by atoms with Crippen LogP contribution in [0.15, 0.2) is 48.5 Å². The van der Waals surface area contributed by atoms with Crippen LogP contribution >= 0.6 is 0 Å². The molecule has 0 saturated carbocycles. The number of hydrogen-bond acceptors (Lipinski definition) is 2. The molecule has 0 fully saturated rings. The molecule has 2 N–H and O–H groups in total. The van der Waals surface area contributed by atoms with Crippen molar-refractivity contribution < 1.29 is 22.3 Å². The SMILES string of the molecule is N[C@@H](c1cccc(OCc2ccc(F)cc2)c1)C(F)(F)F. The molecule has 0 aliphatic heterocycles. The topological polar surface area (TPSA) is 35.2 Å². The van der Waals surface area contributed by atoms with Crippen molar-refractivity contribution in [2.75, 3.05) is 0 Å². The molecule has 1 atom stereocenters. The van der Waals surface area contributed by atoms with Gasteiger partial charge in [0, 0.05) is 0 Å². The highest BCUT2D eigenvalue weighted by molar-refractivity contribution is 5.31. The maximum atomic E-state index is 12.7. The van der Waals surface area contributed by atoms with Gasteiger partial charge in [-0.15, -0.1) is 0 Å². The second kappa shape index (κ2) is 6.13. The van der Waals surface area contributed by atoms with E-state index in [1.165, 1.54) is 36.4 Å². The molecular formula is C15H13F4NO. The van der Waals surface area contributed by atoms with E-state index in [9.17, 15) is 17.6 Å². The van der Waals surface area contributed by atoms with Crippen LogP contribution in [0.5, 0.6) is 5.75 Å². The number of hydrogen-bond donors (Lipinski definition) is 1. The van der Waals surface area contributed by atoms with Gasteiger partial charge in [0.05, 0.1) is 0 Å². The Balaban J connectivity index is 2.06. The smallest absolute Gasteiger partial charge is 0.407 e. The third-order valence-corrected chi connectivity index (χ3v) is 2.89. The minimum absolute atomic E-state index is 0.0703. The molecule has 0 radical (unpaired) electrons. The number of benzene rings is 2. The molecule has 2 nitrogen and oxygen atoms in total. The predicted octanol–water partition coefficient (Wildman–Crippen LogP) is 3.97. The first-order chi connectivity index (χ1) is 9.86. The van der Waals surface area contributed by atoms with Crippen LogP contribution in [-0.2, 0) is 6.61 Å². The van der Waals surface area contributed by atoms with Crippen molar-refractivity contribution in [2.24, 2.45) is 5.73 Å². The van der Waals surface area contributed by atoms with Crippen LogP contribution in [0.25, 0.3) is 0 Å². The Morgan fingerprint density at radius 1 is 1.05 bits per heavy atom. The zero-order chi connectivity index (χ0) is 15.5. The molecule has 2 aromatic carbocycles. The second-order valence-corrected chi connectivity index (χ2v) is 4.51. The van der Waals surface area contributed by atoms with Crippen molar-refractivity contribution in [3.05, 3.63) is 65.5 Å². The average molecular weight is 299 g/mol. The third kappa shape index (κ3) is 4.19. The molecule has 0 amide bonds. The molecule has 21 heavy (non-hydrogen) atoms. The summed E-state index contributed by atoms with van der Waals surface area (Å²) in [5.74, 6) is -0.0894. The van der Waals surface area contributed by atoms with E-state index in [0.29, 0.717) is 5.56 Å². The molecular weight excluding hydrogens is 286 g/mol. The van der Waals surface area contributed by atoms with Gasteiger partial charge in [0.15, 0.2) is 0 Å². The molecule has 0 aliphatic rings. The van der Waals surface area contributed by atoms with Gasteiger partial charge in [-0.3, -0.25) is 0 Å². The van der Waals surface area contributed by atoms with Gasteiger partial charge in [-0.05, 0) is 35.4 Å². The summed E-state index contributed by atoms with van der Waals surface area (Å²) in [6.45, 7) is 0.130. The lowest BCUT2D eigenvalue weighted by Gasteiger charge is -2.16. The summed E-state index contributed by atoms with van der Waals surface area (Å²) in [4.78, 5) is 0. The van der Waals surface area contributed by atoms with Crippen LogP contribution < -0.4 is 10.5 Å². The Morgan fingerprint density at radius 3 is 2.33 bits per heavy atom. The lowest BCUT2D eigenvalue weighted by Crippen LogP contribution is -2.28. The van der Waals surface area contributed by atoms with Gasteiger partial charge in [0.25, 0.3) is 0 Å². The van der Waals surface area contributed by atoms with Gasteiger partial charge in [0.1, 0.15) is 24.2 Å². The zero-order valence-corrected chi connectivity index (χ0v) is 10.9.